The van der Waals surface area contributed by atoms with E-state index in [1.54, 1.807) is 0 Å². The molecule has 10 aromatic rings. The zero-order valence-electron chi connectivity index (χ0n) is 65.6. The van der Waals surface area contributed by atoms with E-state index < -0.39 is 402 Å². The molecule has 29 N–H and O–H groups in total. The van der Waals surface area contributed by atoms with Gasteiger partial charge in [0.05, 0.1) is 50.1 Å². The fourth-order valence-electron chi connectivity index (χ4n) is 14.5. The molecule has 10 aromatic carbocycles. The van der Waals surface area contributed by atoms with Crippen LogP contribution in [0.4, 0.5) is 0 Å². The van der Waals surface area contributed by atoms with E-state index in [0.717, 1.165) is 0 Å². The Bertz CT molecular complexity index is 6800. The van der Waals surface area contributed by atoms with Gasteiger partial charge in [-0.3, -0.25) is 0 Å². The van der Waals surface area contributed by atoms with Gasteiger partial charge in [0.2, 0.25) is 70.8 Å². The first-order valence-corrected chi connectivity index (χ1v) is 37.1. The van der Waals surface area contributed by atoms with Crippen molar-refractivity contribution in [3.05, 3.63) is 134 Å². The van der Waals surface area contributed by atoms with Crippen LogP contribution in [0.3, 0.4) is 0 Å². The largest absolute Gasteiger partial charge is 0.504 e. The summed E-state index contributed by atoms with van der Waals surface area (Å²) in [4.78, 5) is 149. The monoisotopic (exact) mass is 1870 g/mol. The Balaban J connectivity index is 0.858. The average Bonchev–Trinajstić information content (AvgIpc) is 1.19. The van der Waals surface area contributed by atoms with Gasteiger partial charge in [-0.25, -0.2) is 47.9 Å². The second-order valence-electron chi connectivity index (χ2n) is 29.0. The van der Waals surface area contributed by atoms with Crippen LogP contribution < -0.4 is 4.74 Å². The molecular weight excluding hydrogens is 1820 g/mol. The van der Waals surface area contributed by atoms with E-state index in [-0.39, 0.29) is 30.3 Å². The molecule has 0 amide bonds. The number of carbonyl (C=O) groups excluding carboxylic acids is 10. The minimum atomic E-state index is -3.13. The Kier molecular flexibility index (Phi) is 22.0. The molecule has 2 fully saturated rings. The first kappa shape index (κ1) is 89.6. The number of esters is 10. The topological polar surface area (TPSA) is 877 Å². The number of cyclic esters (lactones) is 2. The highest BCUT2D eigenvalue weighted by Gasteiger charge is 2.59. The van der Waals surface area contributed by atoms with E-state index in [1.807, 2.05) is 0 Å². The molecule has 0 aromatic heterocycles. The molecule has 696 valence electrons. The van der Waals surface area contributed by atoms with Crippen LogP contribution in [0.5, 0.6) is 178 Å². The molecule has 0 radical (unpaired) electrons. The van der Waals surface area contributed by atoms with Crippen LogP contribution in [0.2, 0.25) is 0 Å². The molecule has 10 atom stereocenters. The first-order chi connectivity index (χ1) is 63.1. The molecule has 5 aliphatic rings. The number of carbonyl (C=O) groups is 10. The summed E-state index contributed by atoms with van der Waals surface area (Å²) in [6, 6.07) is 3.90. The van der Waals surface area contributed by atoms with Crippen LogP contribution in [0.25, 0.3) is 33.4 Å². The van der Waals surface area contributed by atoms with Gasteiger partial charge in [-0.2, -0.15) is 0 Å². The summed E-state index contributed by atoms with van der Waals surface area (Å²) in [5, 5.41) is 319. The fraction of sp³-hybridized carbons (Fsp3) is 0.146. The minimum Gasteiger partial charge on any atom is -0.504 e. The number of ether oxygens (including phenoxy) is 13. The summed E-state index contributed by atoms with van der Waals surface area (Å²) in [7, 11) is 0. The maximum atomic E-state index is 15.5. The van der Waals surface area contributed by atoms with E-state index in [0.29, 0.717) is 48.5 Å². The van der Waals surface area contributed by atoms with Crippen molar-refractivity contribution in [3.8, 4) is 212 Å². The van der Waals surface area contributed by atoms with Gasteiger partial charge in [-0.05, 0) is 66.7 Å². The molecule has 52 heteroatoms. The third kappa shape index (κ3) is 15.0. The molecule has 2 saturated heterocycles. The van der Waals surface area contributed by atoms with E-state index >= 15 is 24.0 Å². The Labute approximate surface area is 735 Å². The van der Waals surface area contributed by atoms with Crippen molar-refractivity contribution in [1.82, 2.24) is 0 Å². The van der Waals surface area contributed by atoms with E-state index in [1.165, 1.54) is 0 Å². The second-order valence-corrected chi connectivity index (χ2v) is 29.0. The summed E-state index contributed by atoms with van der Waals surface area (Å²) in [5.74, 6) is -67.6. The predicted molar refractivity (Wildman–Crippen MR) is 414 cm³/mol. The van der Waals surface area contributed by atoms with Crippen LogP contribution in [-0.4, -0.2) is 282 Å². The Hall–Kier alpha value is -19.2. The predicted octanol–water partition coefficient (Wildman–Crippen LogP) is 3.71. The summed E-state index contributed by atoms with van der Waals surface area (Å²) >= 11 is 0. The summed E-state index contributed by atoms with van der Waals surface area (Å²) in [6.45, 7) is -3.26. The maximum absolute atomic E-state index is 15.5. The first-order valence-electron chi connectivity index (χ1n) is 37.1. The molecule has 0 bridgehead atoms. The molecule has 0 saturated carbocycles. The summed E-state index contributed by atoms with van der Waals surface area (Å²) in [6.07, 6.45) is -28.4. The molecule has 52 nitrogen and oxygen atoms in total. The van der Waals surface area contributed by atoms with Gasteiger partial charge in [0.15, 0.2) is 157 Å². The van der Waals surface area contributed by atoms with Gasteiger partial charge in [0, 0.05) is 45.5 Å². The van der Waals surface area contributed by atoms with Gasteiger partial charge in [-0.15, -0.1) is 0 Å². The number of benzene rings is 10. The van der Waals surface area contributed by atoms with Gasteiger partial charge >= 0.3 is 59.7 Å². The lowest BCUT2D eigenvalue weighted by Gasteiger charge is -2.44. The lowest BCUT2D eigenvalue weighted by Crippen LogP contribution is -2.63. The third-order valence-corrected chi connectivity index (χ3v) is 21.0. The Morgan fingerprint density at radius 3 is 0.888 bits per heavy atom. The van der Waals surface area contributed by atoms with Gasteiger partial charge in [0.1, 0.15) is 31.0 Å². The average molecular weight is 1870 g/mol. The smallest absolute Gasteiger partial charge is 0.344 e. The number of aromatic hydroxyl groups is 29. The van der Waals surface area contributed by atoms with Crippen molar-refractivity contribution in [2.24, 2.45) is 0 Å². The highest BCUT2D eigenvalue weighted by molar-refractivity contribution is 6.12. The van der Waals surface area contributed by atoms with Crippen molar-refractivity contribution in [1.29, 1.82) is 0 Å². The third-order valence-electron chi connectivity index (χ3n) is 21.0. The zero-order valence-corrected chi connectivity index (χ0v) is 65.6. The lowest BCUT2D eigenvalue weighted by atomic mass is 9.91. The van der Waals surface area contributed by atoms with Crippen LogP contribution in [-0.2, 0) is 56.8 Å². The summed E-state index contributed by atoms with van der Waals surface area (Å²) < 4.78 is 74.5. The molecule has 5 heterocycles. The normalized spacial score (nSPS) is 19.6. The Morgan fingerprint density at radius 1 is 0.246 bits per heavy atom. The van der Waals surface area contributed by atoms with E-state index in [2.05, 4.69) is 0 Å². The maximum Gasteiger partial charge on any atom is 0.344 e. The van der Waals surface area contributed by atoms with Crippen LogP contribution >= 0.6 is 0 Å². The van der Waals surface area contributed by atoms with Crippen molar-refractivity contribution in [2.45, 2.75) is 61.4 Å². The molecule has 15 rings (SSSR count). The van der Waals surface area contributed by atoms with E-state index in [9.17, 15) is 172 Å². The highest BCUT2D eigenvalue weighted by Crippen LogP contribution is 2.60. The summed E-state index contributed by atoms with van der Waals surface area (Å²) in [5.41, 5.74) is -20.7. The number of phenolic OH excluding ortho intramolecular Hbond substituents is 29. The molecule has 0 unspecified atom stereocenters. The molecular formula is C82H56O52. The SMILES string of the molecule is O=C(O[C@H]1O[C@H]2COC(=O)c3cc(Oc4c(C(=O)O[C@@H]5O[C@H]6COC(=O)c7cc(O)c(O)c(O)c7-c7c(cc(O)c(O)c7O)C(=O)O[C@H]6[C@@H](OC(=O)c6cc(O)c(O)c(O)c6)[C@@H]5OC(=O)c5cc(O)c(O)c(O)c5)cc(O)c(O)c4O)c(O)c(O)c3-c3c(cc(O)c(O)c3O)C(=O)O[C@H]2[C@H]2OC(=O)c3cc(O)c(O)c(O)c3-c3c(cc(O)c(O)c3O)C(=O)O[C@@H]12)c1cc(O)c(O)c(O)c1. The van der Waals surface area contributed by atoms with Crippen LogP contribution in [0.15, 0.2) is 78.9 Å². The molecule has 0 spiro atoms. The van der Waals surface area contributed by atoms with Crippen molar-refractivity contribution in [2.75, 3.05) is 13.2 Å². The van der Waals surface area contributed by atoms with Gasteiger partial charge in [0.25, 0.3) is 0 Å². The zero-order chi connectivity index (χ0) is 97.5. The molecule has 0 aliphatic carbocycles. The number of hydrogen-bond acceptors (Lipinski definition) is 52. The second kappa shape index (κ2) is 32.9. The van der Waals surface area contributed by atoms with Crippen LogP contribution in [0.1, 0.15) is 104 Å². The van der Waals surface area contributed by atoms with Crippen LogP contribution in [0, 0.1) is 0 Å². The highest BCUT2D eigenvalue weighted by atomic mass is 16.8. The number of rotatable bonds is 10. The van der Waals surface area contributed by atoms with Gasteiger partial charge in [-0.1, -0.05) is 0 Å². The van der Waals surface area contributed by atoms with Gasteiger partial charge < -0.3 is 210 Å². The lowest BCUT2D eigenvalue weighted by molar-refractivity contribution is -0.282. The standard InChI is InChI=1S/C82H56O52/c83-26-1-16(2-27(84)47(26)95)71(112)129-67-65-39(14-122-74(115)19-7-32(89)50(98)57(105)41(19)42-20(76(117)127-65)8-33(90)51(99)58(42)106)126-82(69(67)131-72(113)17-3-28(85)48(96)29(86)4-17)134-80(121)25-12-37(94)55(103)63(111)64(25)124-38-13-24-46(62(110)56(38)104)45-21(9-34(91)54(102)61(45)109)77(118)128-66-40(15-123-75(24)116)125-81(133-73(114)18-5-30(87)49(97)31(88)6-18)70-68(66)130-78(119)22-10-35(92)52(100)59(107)43(22)44-23(79(120)132-70)11-36(93)53(101)60(44)108/h1-13,39-40,65-70,81-111H,14-15H2/t39-,40-,65+,66+,67+,68+,69-,70+,81+,82-/m0/s1. The van der Waals surface area contributed by atoms with Crippen molar-refractivity contribution >= 4 is 59.7 Å². The van der Waals surface area contributed by atoms with E-state index in [4.69, 9.17) is 61.6 Å². The molecule has 5 aliphatic heterocycles. The number of fused-ring (bicyclic) bond motifs is 13. The minimum absolute atomic E-state index is 0.0771. The van der Waals surface area contributed by atoms with Crippen molar-refractivity contribution < 1.29 is 258 Å². The quantitative estimate of drug-likeness (QED) is 0.0527. The number of phenols is 29. The fourth-order valence-corrected chi connectivity index (χ4v) is 14.5. The Morgan fingerprint density at radius 2 is 0.515 bits per heavy atom. The number of hydrogen-bond donors (Lipinski definition) is 29. The van der Waals surface area contributed by atoms with Crippen molar-refractivity contribution in [3.63, 3.8) is 0 Å². The molecule has 134 heavy (non-hydrogen) atoms.